The van der Waals surface area contributed by atoms with E-state index in [2.05, 4.69) is 10.4 Å². The summed E-state index contributed by atoms with van der Waals surface area (Å²) in [4.78, 5) is 25.9. The van der Waals surface area contributed by atoms with Crippen LogP contribution in [0.3, 0.4) is 0 Å². The zero-order chi connectivity index (χ0) is 27.5. The summed E-state index contributed by atoms with van der Waals surface area (Å²) >= 11 is 6.21. The van der Waals surface area contributed by atoms with Crippen LogP contribution in [0.15, 0.2) is 82.3 Å². The first-order valence-corrected chi connectivity index (χ1v) is 12.8. The molecular formula is C30H26ClN3O5. The highest BCUT2D eigenvalue weighted by atomic mass is 35.5. The minimum atomic E-state index is -0.361. The molecule has 0 saturated carbocycles. The molecule has 0 atom stereocenters. The lowest BCUT2D eigenvalue weighted by Gasteiger charge is -2.13. The molecule has 0 aliphatic heterocycles. The molecule has 0 unspecified atom stereocenters. The Morgan fingerprint density at radius 3 is 2.64 bits per heavy atom. The Balaban J connectivity index is 1.37. The van der Waals surface area contributed by atoms with E-state index in [1.54, 1.807) is 48.3 Å². The Hall–Kier alpha value is -4.56. The van der Waals surface area contributed by atoms with Gasteiger partial charge in [-0.3, -0.25) is 9.59 Å². The largest absolute Gasteiger partial charge is 0.483 e. The highest BCUT2D eigenvalue weighted by Gasteiger charge is 2.18. The van der Waals surface area contributed by atoms with Crippen molar-refractivity contribution in [3.8, 4) is 22.9 Å². The van der Waals surface area contributed by atoms with Crippen LogP contribution in [0.1, 0.15) is 23.8 Å². The molecule has 2 heterocycles. The maximum absolute atomic E-state index is 13.4. The molecule has 0 fully saturated rings. The van der Waals surface area contributed by atoms with Gasteiger partial charge in [-0.2, -0.15) is 5.10 Å². The van der Waals surface area contributed by atoms with Crippen molar-refractivity contribution in [3.63, 3.8) is 0 Å². The van der Waals surface area contributed by atoms with Crippen LogP contribution in [0, 0.1) is 13.8 Å². The number of aromatic nitrogens is 2. The maximum atomic E-state index is 13.4. The summed E-state index contributed by atoms with van der Waals surface area (Å²) in [6.07, 6.45) is 3.81. The van der Waals surface area contributed by atoms with Gasteiger partial charge in [-0.25, -0.2) is 4.68 Å². The molecule has 5 rings (SSSR count). The molecule has 1 amide bonds. The number of halogens is 1. The highest BCUT2D eigenvalue weighted by Crippen LogP contribution is 2.30. The first-order chi connectivity index (χ1) is 18.8. The molecule has 1 N–H and O–H groups in total. The lowest BCUT2D eigenvalue weighted by molar-refractivity contribution is -0.118. The van der Waals surface area contributed by atoms with Crippen molar-refractivity contribution in [2.75, 3.05) is 11.9 Å². The number of carbonyl (C=O) groups is 1. The Labute approximate surface area is 229 Å². The topological polar surface area (TPSA) is 95.6 Å². The van der Waals surface area contributed by atoms with E-state index in [9.17, 15) is 9.59 Å². The van der Waals surface area contributed by atoms with E-state index in [4.69, 9.17) is 25.5 Å². The standard InChI is InChI=1S/C30H26ClN3O5/c1-4-20-13-23-27(14-26(20)37-17-28(35)33-25-11-10-18(2)12-24(25)31)38-19(3)30(29(23)36)39-22-15-32-34(16-22)21-8-6-5-7-9-21/h5-16H,4,17H2,1-3H3,(H,33,35). The number of ether oxygens (including phenoxy) is 2. The van der Waals surface area contributed by atoms with Crippen molar-refractivity contribution in [3.05, 3.63) is 105 Å². The third-order valence-electron chi connectivity index (χ3n) is 6.13. The Bertz CT molecular complexity index is 1730. The molecule has 0 spiro atoms. The van der Waals surface area contributed by atoms with Crippen molar-refractivity contribution in [1.82, 2.24) is 9.78 Å². The van der Waals surface area contributed by atoms with Gasteiger partial charge in [0.2, 0.25) is 11.2 Å². The van der Waals surface area contributed by atoms with Crippen LogP contribution in [0.5, 0.6) is 17.2 Å². The fourth-order valence-electron chi connectivity index (χ4n) is 4.14. The van der Waals surface area contributed by atoms with E-state index in [1.165, 1.54) is 0 Å². The minimum absolute atomic E-state index is 0.0835. The molecule has 0 aliphatic rings. The van der Waals surface area contributed by atoms with Crippen LogP contribution in [-0.4, -0.2) is 22.3 Å². The molecule has 9 heteroatoms. The second kappa shape index (κ2) is 11.0. The number of hydrogen-bond donors (Lipinski definition) is 1. The van der Waals surface area contributed by atoms with Crippen LogP contribution in [0.25, 0.3) is 16.7 Å². The van der Waals surface area contributed by atoms with Crippen molar-refractivity contribution in [2.45, 2.75) is 27.2 Å². The Kier molecular flexibility index (Phi) is 7.38. The summed E-state index contributed by atoms with van der Waals surface area (Å²) in [6.45, 7) is 5.27. The van der Waals surface area contributed by atoms with Gasteiger partial charge in [0, 0.05) is 6.07 Å². The van der Waals surface area contributed by atoms with Crippen LogP contribution in [0.4, 0.5) is 5.69 Å². The fraction of sp³-hybridized carbons (Fsp3) is 0.167. The van der Waals surface area contributed by atoms with Gasteiger partial charge in [-0.05, 0) is 61.7 Å². The predicted molar refractivity (Wildman–Crippen MR) is 151 cm³/mol. The Morgan fingerprint density at radius 1 is 1.10 bits per heavy atom. The number of nitrogens with zero attached hydrogens (tertiary/aromatic N) is 2. The molecule has 2 aromatic heterocycles. The minimum Gasteiger partial charge on any atom is -0.483 e. The van der Waals surface area contributed by atoms with E-state index in [0.29, 0.717) is 45.4 Å². The molecular weight excluding hydrogens is 518 g/mol. The number of anilines is 1. The predicted octanol–water partition coefficient (Wildman–Crippen LogP) is 6.62. The third-order valence-corrected chi connectivity index (χ3v) is 6.45. The second-order valence-electron chi connectivity index (χ2n) is 9.00. The molecule has 3 aromatic carbocycles. The SMILES string of the molecule is CCc1cc2c(=O)c(Oc3cnn(-c4ccccc4)c3)c(C)oc2cc1OCC(=O)Nc1ccc(C)cc1Cl. The van der Waals surface area contributed by atoms with Crippen molar-refractivity contribution < 1.29 is 18.7 Å². The van der Waals surface area contributed by atoms with Crippen LogP contribution in [0.2, 0.25) is 5.02 Å². The number of carbonyl (C=O) groups excluding carboxylic acids is 1. The van der Waals surface area contributed by atoms with E-state index < -0.39 is 0 Å². The third kappa shape index (κ3) is 5.66. The van der Waals surface area contributed by atoms with Gasteiger partial charge in [0.15, 0.2) is 12.4 Å². The average Bonchev–Trinajstić information content (AvgIpc) is 3.40. The fourth-order valence-corrected chi connectivity index (χ4v) is 4.42. The number of fused-ring (bicyclic) bond motifs is 1. The molecule has 5 aromatic rings. The first-order valence-electron chi connectivity index (χ1n) is 12.4. The first kappa shape index (κ1) is 26.1. The lowest BCUT2D eigenvalue weighted by Crippen LogP contribution is -2.20. The summed E-state index contributed by atoms with van der Waals surface area (Å²) in [5, 5.41) is 7.87. The summed E-state index contributed by atoms with van der Waals surface area (Å²) in [6, 6.07) is 18.3. The van der Waals surface area contributed by atoms with E-state index in [-0.39, 0.29) is 23.7 Å². The molecule has 198 valence electrons. The number of hydrogen-bond acceptors (Lipinski definition) is 6. The quantitative estimate of drug-likeness (QED) is 0.236. The molecule has 0 aliphatic carbocycles. The summed E-state index contributed by atoms with van der Waals surface area (Å²) < 4.78 is 19.4. The van der Waals surface area contributed by atoms with Gasteiger partial charge in [-0.1, -0.05) is 42.8 Å². The summed E-state index contributed by atoms with van der Waals surface area (Å²) in [7, 11) is 0. The number of amides is 1. The molecule has 0 radical (unpaired) electrons. The van der Waals surface area contributed by atoms with Crippen LogP contribution in [-0.2, 0) is 11.2 Å². The van der Waals surface area contributed by atoms with Crippen molar-refractivity contribution in [1.29, 1.82) is 0 Å². The Morgan fingerprint density at radius 2 is 1.90 bits per heavy atom. The maximum Gasteiger partial charge on any atom is 0.262 e. The second-order valence-corrected chi connectivity index (χ2v) is 9.41. The van der Waals surface area contributed by atoms with Gasteiger partial charge in [-0.15, -0.1) is 0 Å². The van der Waals surface area contributed by atoms with Gasteiger partial charge < -0.3 is 19.2 Å². The highest BCUT2D eigenvalue weighted by molar-refractivity contribution is 6.33. The normalized spacial score (nSPS) is 11.0. The average molecular weight is 544 g/mol. The van der Waals surface area contributed by atoms with E-state index in [1.807, 2.05) is 50.2 Å². The van der Waals surface area contributed by atoms with Gasteiger partial charge >= 0.3 is 0 Å². The molecule has 8 nitrogen and oxygen atoms in total. The van der Waals surface area contributed by atoms with E-state index >= 15 is 0 Å². The smallest absolute Gasteiger partial charge is 0.262 e. The van der Waals surface area contributed by atoms with Crippen molar-refractivity contribution in [2.24, 2.45) is 0 Å². The van der Waals surface area contributed by atoms with Crippen LogP contribution < -0.4 is 20.2 Å². The zero-order valence-corrected chi connectivity index (χ0v) is 22.4. The molecule has 0 bridgehead atoms. The van der Waals surface area contributed by atoms with Gasteiger partial charge in [0.05, 0.1) is 34.2 Å². The number of para-hydroxylation sites is 1. The van der Waals surface area contributed by atoms with Crippen LogP contribution >= 0.6 is 11.6 Å². The summed E-state index contributed by atoms with van der Waals surface area (Å²) in [5.41, 5.74) is 3.14. The van der Waals surface area contributed by atoms with Gasteiger partial charge in [0.25, 0.3) is 5.91 Å². The zero-order valence-electron chi connectivity index (χ0n) is 21.7. The molecule has 0 saturated heterocycles. The monoisotopic (exact) mass is 543 g/mol. The molecule has 39 heavy (non-hydrogen) atoms. The number of nitrogens with one attached hydrogen (secondary N) is 1. The van der Waals surface area contributed by atoms with E-state index in [0.717, 1.165) is 16.8 Å². The number of aryl methyl sites for hydroxylation is 3. The lowest BCUT2D eigenvalue weighted by atomic mass is 10.1. The number of rotatable bonds is 8. The number of benzene rings is 3. The van der Waals surface area contributed by atoms with Gasteiger partial charge in [0.1, 0.15) is 17.1 Å². The van der Waals surface area contributed by atoms with Crippen molar-refractivity contribution >= 4 is 34.2 Å². The summed E-state index contributed by atoms with van der Waals surface area (Å²) in [5.74, 6) is 0.891.